The zero-order chi connectivity index (χ0) is 61.2. The Morgan fingerprint density at radius 2 is 1.01 bits per heavy atom. The van der Waals surface area contributed by atoms with Gasteiger partial charge in [0.1, 0.15) is 17.2 Å². The van der Waals surface area contributed by atoms with E-state index >= 15 is 0 Å². The number of oxime groups is 1. The zero-order valence-corrected chi connectivity index (χ0v) is 52.2. The van der Waals surface area contributed by atoms with Gasteiger partial charge in [0.05, 0.1) is 32.5 Å². The van der Waals surface area contributed by atoms with E-state index in [-0.39, 0.29) is 55.9 Å². The van der Waals surface area contributed by atoms with Crippen molar-refractivity contribution in [2.75, 3.05) is 21.3 Å². The number of hydrogen-bond donors (Lipinski definition) is 2. The molecule has 6 nitrogen and oxygen atoms in total. The zero-order valence-electron chi connectivity index (χ0n) is 52.2. The molecular formula is C69H92F6N2O4. The molecule has 81 heavy (non-hydrogen) atoms. The van der Waals surface area contributed by atoms with Crippen molar-refractivity contribution in [3.63, 3.8) is 0 Å². The molecule has 8 rings (SSSR count). The lowest BCUT2D eigenvalue weighted by Gasteiger charge is -2.35. The van der Waals surface area contributed by atoms with Crippen LogP contribution in [0.4, 0.5) is 26.3 Å². The SMILES string of the molecule is CC.CCc1cc2c(cc1OC)C1(CC2(C)C)CC(C)(C)c2cc(C(c3cc(C(F)(F)F)cc(C(F)(F)F)c3)C(C)(C)C)c(OC)cc21.COc1cc2c(cc1C(c1ccc(/C(N)=N/O)cc1)C(C)C)C(C)(C)CC2(C)CC(C)(C)C. The van der Waals surface area contributed by atoms with Crippen LogP contribution in [0.25, 0.3) is 0 Å². The summed E-state index contributed by atoms with van der Waals surface area (Å²) in [5, 5.41) is 12.1. The van der Waals surface area contributed by atoms with Crippen molar-refractivity contribution in [2.45, 2.75) is 208 Å². The summed E-state index contributed by atoms with van der Waals surface area (Å²) in [6.07, 6.45) is -5.16. The summed E-state index contributed by atoms with van der Waals surface area (Å²) in [6.45, 7) is 39.1. The standard InChI is InChI=1S/C38H44F6O2.C29H42N2O2.C2H6/c1-11-21-14-26-28(17-30(21)45-9)36(19-34(26,5)6)20-35(7,8)27-16-25(31(46-10)18-29(27)36)32(33(2,3)4)22-12-23(37(39,40)41)15-24(13-22)38(42,43)44;1-18(2)25(19-10-12-20(13-11-19)26(30)31-32)21-14-22-23(15-24(21)33-9)29(8,16-27(3,4)5)17-28(22,6)7;1-2/h12-18,32H,11,19-20H2,1-10H3;10-15,18,25,32H,16-17H2,1-9H3,(H2,30,31);1-2H3. The average molecular weight is 1130 g/mol. The fourth-order valence-electron chi connectivity index (χ4n) is 15.0. The number of nitrogens with zero attached hydrogens (tertiary/aromatic N) is 1. The van der Waals surface area contributed by atoms with Gasteiger partial charge in [-0.15, -0.1) is 0 Å². The predicted molar refractivity (Wildman–Crippen MR) is 318 cm³/mol. The molecule has 1 spiro atoms. The van der Waals surface area contributed by atoms with E-state index in [0.717, 1.165) is 72.4 Å². The highest BCUT2D eigenvalue weighted by atomic mass is 19.4. The van der Waals surface area contributed by atoms with Gasteiger partial charge in [-0.25, -0.2) is 0 Å². The molecule has 0 aliphatic heterocycles. The largest absolute Gasteiger partial charge is 0.496 e. The summed E-state index contributed by atoms with van der Waals surface area (Å²) in [4.78, 5) is 0. The third-order valence-electron chi connectivity index (χ3n) is 17.4. The van der Waals surface area contributed by atoms with Gasteiger partial charge in [0.25, 0.3) is 0 Å². The van der Waals surface area contributed by atoms with Crippen LogP contribution in [0.1, 0.15) is 240 Å². The second-order valence-electron chi connectivity index (χ2n) is 27.9. The van der Waals surface area contributed by atoms with Crippen LogP contribution in [-0.4, -0.2) is 32.4 Å². The van der Waals surface area contributed by atoms with Crippen LogP contribution in [0.15, 0.2) is 84.0 Å². The molecular weight excluding hydrogens is 1030 g/mol. The molecule has 0 saturated carbocycles. The van der Waals surface area contributed by atoms with Crippen molar-refractivity contribution >= 4 is 5.84 Å². The number of hydrogen-bond acceptors (Lipinski definition) is 5. The Hall–Kier alpha value is -5.65. The van der Waals surface area contributed by atoms with E-state index < -0.39 is 34.8 Å². The first-order chi connectivity index (χ1) is 37.2. The van der Waals surface area contributed by atoms with Crippen molar-refractivity contribution in [3.8, 4) is 17.2 Å². The number of rotatable bonds is 11. The first-order valence-corrected chi connectivity index (χ1v) is 28.8. The number of amidine groups is 1. The first kappa shape index (κ1) is 64.5. The summed E-state index contributed by atoms with van der Waals surface area (Å²) in [6, 6.07) is 23.1. The lowest BCUT2D eigenvalue weighted by atomic mass is 9.70. The number of aryl methyl sites for hydroxylation is 1. The summed E-state index contributed by atoms with van der Waals surface area (Å²) in [5.41, 5.74) is 14.3. The lowest BCUT2D eigenvalue weighted by Crippen LogP contribution is -2.27. The van der Waals surface area contributed by atoms with Crippen LogP contribution in [0.5, 0.6) is 17.2 Å². The summed E-state index contributed by atoms with van der Waals surface area (Å²) < 4.78 is 102. The van der Waals surface area contributed by atoms with Gasteiger partial charge >= 0.3 is 12.4 Å². The number of alkyl halides is 6. The summed E-state index contributed by atoms with van der Waals surface area (Å²) in [7, 11) is 4.97. The van der Waals surface area contributed by atoms with Gasteiger partial charge in [0.15, 0.2) is 5.84 Å². The van der Waals surface area contributed by atoms with Gasteiger partial charge in [-0.3, -0.25) is 0 Å². The Morgan fingerprint density at radius 3 is 1.44 bits per heavy atom. The first-order valence-electron chi connectivity index (χ1n) is 28.8. The fraction of sp³-hybridized carbons (Fsp3) is 0.551. The molecule has 0 amide bonds. The fourth-order valence-corrected chi connectivity index (χ4v) is 15.0. The molecule has 0 bridgehead atoms. The normalized spacial score (nSPS) is 20.6. The van der Waals surface area contributed by atoms with Gasteiger partial charge in [-0.1, -0.05) is 172 Å². The molecule has 5 aromatic carbocycles. The van der Waals surface area contributed by atoms with Gasteiger partial charge in [0, 0.05) is 33.9 Å². The van der Waals surface area contributed by atoms with Crippen molar-refractivity contribution in [1.29, 1.82) is 0 Å². The van der Waals surface area contributed by atoms with E-state index in [4.69, 9.17) is 25.2 Å². The highest BCUT2D eigenvalue weighted by Gasteiger charge is 2.57. The smallest absolute Gasteiger partial charge is 0.416 e. The van der Waals surface area contributed by atoms with Crippen LogP contribution in [0.2, 0.25) is 0 Å². The van der Waals surface area contributed by atoms with Gasteiger partial charge in [-0.2, -0.15) is 26.3 Å². The minimum atomic E-state index is -4.95. The van der Waals surface area contributed by atoms with Crippen LogP contribution < -0.4 is 19.9 Å². The highest BCUT2D eigenvalue weighted by molar-refractivity contribution is 5.97. The van der Waals surface area contributed by atoms with Crippen LogP contribution in [0.3, 0.4) is 0 Å². The Labute approximate surface area is 480 Å². The minimum absolute atomic E-state index is 0.0532. The molecule has 12 heteroatoms. The van der Waals surface area contributed by atoms with E-state index in [9.17, 15) is 26.3 Å². The van der Waals surface area contributed by atoms with Gasteiger partial charge in [-0.05, 0) is 157 Å². The summed E-state index contributed by atoms with van der Waals surface area (Å²) >= 11 is 0. The molecule has 0 saturated heterocycles. The van der Waals surface area contributed by atoms with Crippen molar-refractivity contribution < 1.29 is 45.8 Å². The molecule has 3 N–H and O–H groups in total. The van der Waals surface area contributed by atoms with Crippen LogP contribution in [0, 0.1) is 16.7 Å². The summed E-state index contributed by atoms with van der Waals surface area (Å²) in [5.74, 6) is 2.09. The van der Waals surface area contributed by atoms with Crippen molar-refractivity contribution in [1.82, 2.24) is 0 Å². The molecule has 0 heterocycles. The number of ether oxygens (including phenoxy) is 3. The van der Waals surface area contributed by atoms with E-state index in [1.54, 1.807) is 14.2 Å². The maximum atomic E-state index is 14.0. The van der Waals surface area contributed by atoms with Gasteiger partial charge in [0.2, 0.25) is 0 Å². The average Bonchev–Trinajstić information content (AvgIpc) is 2.49. The molecule has 0 fully saturated rings. The Morgan fingerprint density at radius 1 is 0.580 bits per heavy atom. The molecule has 4 atom stereocenters. The second kappa shape index (κ2) is 22.5. The quantitative estimate of drug-likeness (QED) is 0.0452. The monoisotopic (exact) mass is 1130 g/mol. The van der Waals surface area contributed by atoms with Crippen LogP contribution >= 0.6 is 0 Å². The predicted octanol–water partition coefficient (Wildman–Crippen LogP) is 19.1. The number of benzene rings is 5. The Bertz CT molecular complexity index is 3080. The van der Waals surface area contributed by atoms with Crippen molar-refractivity contribution in [3.05, 3.63) is 157 Å². The van der Waals surface area contributed by atoms with Crippen LogP contribution in [-0.2, 0) is 45.8 Å². The molecule has 0 aromatic heterocycles. The molecule has 444 valence electrons. The molecule has 5 aromatic rings. The lowest BCUT2D eigenvalue weighted by molar-refractivity contribution is -0.143. The second-order valence-corrected chi connectivity index (χ2v) is 27.9. The maximum absolute atomic E-state index is 14.0. The minimum Gasteiger partial charge on any atom is -0.496 e. The molecule has 4 unspecified atom stereocenters. The van der Waals surface area contributed by atoms with Crippen molar-refractivity contribution in [2.24, 2.45) is 27.6 Å². The van der Waals surface area contributed by atoms with E-state index in [1.165, 1.54) is 40.5 Å². The number of nitrogens with two attached hydrogens (primary N) is 1. The van der Waals surface area contributed by atoms with E-state index in [0.29, 0.717) is 22.8 Å². The van der Waals surface area contributed by atoms with Gasteiger partial charge < -0.3 is 25.2 Å². The molecule has 0 radical (unpaired) electrons. The molecule has 3 aliphatic rings. The topological polar surface area (TPSA) is 86.3 Å². The third kappa shape index (κ3) is 12.5. The molecule has 3 aliphatic carbocycles. The third-order valence-corrected chi connectivity index (χ3v) is 17.4. The Kier molecular flexibility index (Phi) is 17.9. The number of halogens is 6. The van der Waals surface area contributed by atoms with E-state index in [2.05, 4.69) is 132 Å². The maximum Gasteiger partial charge on any atom is 0.416 e. The number of methoxy groups -OCH3 is 3. The Balaban J connectivity index is 0.000000267. The van der Waals surface area contributed by atoms with E-state index in [1.807, 2.05) is 58.9 Å². The number of fused-ring (bicyclic) bond motifs is 5. The highest BCUT2D eigenvalue weighted by Crippen LogP contribution is 2.65.